The number of rotatable bonds is 7. The van der Waals surface area contributed by atoms with Crippen molar-refractivity contribution in [2.75, 3.05) is 0 Å². The largest absolute Gasteiger partial charge is 0.456 e. The summed E-state index contributed by atoms with van der Waals surface area (Å²) in [6, 6.07) is 129. The van der Waals surface area contributed by atoms with Crippen molar-refractivity contribution >= 4 is 227 Å². The van der Waals surface area contributed by atoms with Crippen molar-refractivity contribution in [1.29, 1.82) is 0 Å². The smallest absolute Gasteiger partial charge is 0.235 e. The molecule has 0 aliphatic heterocycles. The average molecular weight is 1590 g/mol. The summed E-state index contributed by atoms with van der Waals surface area (Å²) < 4.78 is 35.9. The predicted molar refractivity (Wildman–Crippen MR) is 507 cm³/mol. The van der Waals surface area contributed by atoms with Crippen LogP contribution in [0.3, 0.4) is 0 Å². The monoisotopic (exact) mass is 1590 g/mol. The van der Waals surface area contributed by atoms with Gasteiger partial charge in [0.2, 0.25) is 11.9 Å². The van der Waals surface area contributed by atoms with Gasteiger partial charge < -0.3 is 17.7 Å². The van der Waals surface area contributed by atoms with E-state index in [0.717, 1.165) is 229 Å². The highest BCUT2D eigenvalue weighted by Gasteiger charge is 2.28. The second kappa shape index (κ2) is 25.8. The van der Waals surface area contributed by atoms with Crippen molar-refractivity contribution in [2.24, 2.45) is 0 Å². The molecule has 28 rings (SSSR count). The minimum atomic E-state index is 0.624. The summed E-state index contributed by atoms with van der Waals surface area (Å²) in [5, 5.41) is 22.3. The summed E-state index contributed by atoms with van der Waals surface area (Å²) >= 11 is 3.50. The van der Waals surface area contributed by atoms with Gasteiger partial charge in [0, 0.05) is 85.2 Å². The van der Waals surface area contributed by atoms with Gasteiger partial charge in [-0.2, -0.15) is 0 Å². The maximum atomic E-state index is 7.11. The highest BCUT2D eigenvalue weighted by atomic mass is 32.1. The van der Waals surface area contributed by atoms with Crippen LogP contribution in [-0.2, 0) is 0 Å². The van der Waals surface area contributed by atoms with Crippen molar-refractivity contribution in [3.63, 3.8) is 0 Å². The molecule has 10 heterocycles. The standard InChI is InChI=1S/C56H31N3O2S.C54H29N3O2S/c1-2-12-32(13-3-1)33-22-24-34(25-23-33)52-55-53(41-18-8-11-21-49(41)62-55)58-56(57-52)59-44-19-9-6-17-40(44)51-45(59)29-28-42-50-39-16-5-4-14-36(39)43(31-48(50)61-54(42)51)35-26-27-38-37-15-7-10-20-46(37)60-47(38)30-35;1-2-12-31-27-33(22-21-30(31)11-1)50-53-51(39-17-7-10-20-47(39)60-53)56-54(55-50)57-42-18-8-5-16-38(42)49-43(57)26-25-40-48-37-15-4-3-13-34(37)41(29-46(48)59-52(40)49)32-23-24-36-35-14-6-9-19-44(35)58-45(36)28-32/h1-31H;1-29H. The summed E-state index contributed by atoms with van der Waals surface area (Å²) in [6.45, 7) is 0. The second-order valence-corrected chi connectivity index (χ2v) is 33.8. The lowest BCUT2D eigenvalue weighted by atomic mass is 9.94. The molecular formula is C110H60N6O4S2. The maximum Gasteiger partial charge on any atom is 0.235 e. The summed E-state index contributed by atoms with van der Waals surface area (Å²) in [5.41, 5.74) is 23.5. The van der Waals surface area contributed by atoms with Gasteiger partial charge in [0.1, 0.15) is 44.7 Å². The fraction of sp³-hybridized carbons (Fsp3) is 0. The minimum absolute atomic E-state index is 0.624. The van der Waals surface area contributed by atoms with Crippen LogP contribution in [0.15, 0.2) is 382 Å². The van der Waals surface area contributed by atoms with Gasteiger partial charge in [0.25, 0.3) is 0 Å². The van der Waals surface area contributed by atoms with Crippen LogP contribution < -0.4 is 0 Å². The molecule has 0 unspecified atom stereocenters. The quantitative estimate of drug-likeness (QED) is 0.155. The third-order valence-corrected chi connectivity index (χ3v) is 27.4. The summed E-state index contributed by atoms with van der Waals surface area (Å²) in [4.78, 5) is 21.8. The molecule has 10 nitrogen and oxygen atoms in total. The fourth-order valence-corrected chi connectivity index (χ4v) is 21.8. The predicted octanol–water partition coefficient (Wildman–Crippen LogP) is 31.3. The van der Waals surface area contributed by atoms with Gasteiger partial charge >= 0.3 is 0 Å². The summed E-state index contributed by atoms with van der Waals surface area (Å²) in [6.07, 6.45) is 0. The second-order valence-electron chi connectivity index (χ2n) is 31.7. The zero-order valence-corrected chi connectivity index (χ0v) is 66.4. The van der Waals surface area contributed by atoms with E-state index in [9.17, 15) is 0 Å². The Morgan fingerprint density at radius 2 is 0.598 bits per heavy atom. The number of fused-ring (bicyclic) bond motifs is 31. The van der Waals surface area contributed by atoms with Crippen LogP contribution in [0.1, 0.15) is 0 Å². The van der Waals surface area contributed by atoms with Crippen LogP contribution >= 0.6 is 22.7 Å². The van der Waals surface area contributed by atoms with Crippen LogP contribution in [0.2, 0.25) is 0 Å². The Morgan fingerprint density at radius 1 is 0.213 bits per heavy atom. The maximum absolute atomic E-state index is 7.11. The fourth-order valence-electron chi connectivity index (χ4n) is 19.5. The Kier molecular flexibility index (Phi) is 14.2. The molecule has 0 fully saturated rings. The van der Waals surface area contributed by atoms with E-state index in [2.05, 4.69) is 349 Å². The van der Waals surface area contributed by atoms with Gasteiger partial charge in [-0.05, 0) is 169 Å². The number of aromatic nitrogens is 6. The molecule has 28 aromatic rings. The van der Waals surface area contributed by atoms with Gasteiger partial charge in [-0.3, -0.25) is 9.13 Å². The molecule has 0 bridgehead atoms. The zero-order valence-electron chi connectivity index (χ0n) is 64.8. The van der Waals surface area contributed by atoms with E-state index >= 15 is 0 Å². The zero-order chi connectivity index (χ0) is 79.5. The van der Waals surface area contributed by atoms with Crippen LogP contribution in [0, 0.1) is 0 Å². The first-order valence-corrected chi connectivity index (χ1v) is 42.6. The number of thiophene rings is 2. The molecule has 0 spiro atoms. The third-order valence-electron chi connectivity index (χ3n) is 25.0. The molecule has 0 amide bonds. The Hall–Kier alpha value is -15.9. The molecule has 0 atom stereocenters. The Bertz CT molecular complexity index is 9380. The molecule has 12 heteroatoms. The van der Waals surface area contributed by atoms with Crippen LogP contribution in [-0.4, -0.2) is 29.1 Å². The van der Waals surface area contributed by atoms with Crippen LogP contribution in [0.5, 0.6) is 0 Å². The Labute approximate surface area is 700 Å². The van der Waals surface area contributed by atoms with E-state index in [0.29, 0.717) is 11.9 Å². The van der Waals surface area contributed by atoms with Gasteiger partial charge in [-0.25, -0.2) is 19.9 Å². The van der Waals surface area contributed by atoms with Crippen LogP contribution in [0.4, 0.5) is 0 Å². The molecule has 0 saturated heterocycles. The van der Waals surface area contributed by atoms with E-state index in [-0.39, 0.29) is 0 Å². The molecule has 0 aliphatic rings. The lowest BCUT2D eigenvalue weighted by Crippen LogP contribution is -2.02. The lowest BCUT2D eigenvalue weighted by molar-refractivity contribution is 0.668. The summed E-state index contributed by atoms with van der Waals surface area (Å²) in [5.74, 6) is 1.25. The number of hydrogen-bond acceptors (Lipinski definition) is 10. The molecule has 10 aromatic heterocycles. The van der Waals surface area contributed by atoms with E-state index in [1.54, 1.807) is 22.7 Å². The van der Waals surface area contributed by atoms with Gasteiger partial charge in [0.15, 0.2) is 0 Å². The van der Waals surface area contributed by atoms with Crippen molar-refractivity contribution in [3.8, 4) is 67.8 Å². The SMILES string of the molecule is c1ccc(-c2ccc(-c3nc(-n4c5ccccc5c5c6oc7cc(-c8ccc9c(c8)oc8ccccc89)c8ccccc8c7c6ccc54)nc4c3sc3ccccc34)cc2)cc1.c1ccc2cc(-c3nc(-n4c5ccccc5c5c6oc7cc(-c8ccc9c(c8)oc8ccccc89)c8ccccc8c7c6ccc54)nc4c3sc3ccccc34)ccc2c1. The average Bonchev–Trinajstić information content (AvgIpc) is 1.55. The Balaban J connectivity index is 0.000000128. The molecule has 0 aliphatic carbocycles. The normalized spacial score (nSPS) is 12.3. The number of para-hydroxylation sites is 4. The molecular weight excluding hydrogens is 1530 g/mol. The first kappa shape index (κ1) is 67.2. The first-order chi connectivity index (χ1) is 60.5. The van der Waals surface area contributed by atoms with Gasteiger partial charge in [-0.15, -0.1) is 22.7 Å². The van der Waals surface area contributed by atoms with E-state index < -0.39 is 0 Å². The first-order valence-electron chi connectivity index (χ1n) is 40.9. The molecule has 0 radical (unpaired) electrons. The highest BCUT2D eigenvalue weighted by molar-refractivity contribution is 7.26. The van der Waals surface area contributed by atoms with E-state index in [1.165, 1.54) is 31.3 Å². The number of furan rings is 4. The van der Waals surface area contributed by atoms with Crippen molar-refractivity contribution in [1.82, 2.24) is 29.1 Å². The number of nitrogens with zero attached hydrogens (tertiary/aromatic N) is 6. The molecule has 566 valence electrons. The van der Waals surface area contributed by atoms with Gasteiger partial charge in [0.05, 0.1) is 64.7 Å². The molecule has 0 N–H and O–H groups in total. The number of hydrogen-bond donors (Lipinski definition) is 0. The topological polar surface area (TPSA) is 114 Å². The minimum Gasteiger partial charge on any atom is -0.456 e. The lowest BCUT2D eigenvalue weighted by Gasteiger charge is -2.11. The molecule has 18 aromatic carbocycles. The van der Waals surface area contributed by atoms with Crippen molar-refractivity contribution < 1.29 is 17.7 Å². The third kappa shape index (κ3) is 9.92. The van der Waals surface area contributed by atoms with Crippen molar-refractivity contribution in [2.45, 2.75) is 0 Å². The summed E-state index contributed by atoms with van der Waals surface area (Å²) in [7, 11) is 0. The van der Waals surface area contributed by atoms with Gasteiger partial charge in [-0.1, -0.05) is 261 Å². The number of benzene rings is 18. The van der Waals surface area contributed by atoms with E-state index in [4.69, 9.17) is 37.6 Å². The Morgan fingerprint density at radius 3 is 1.12 bits per heavy atom. The molecule has 0 saturated carbocycles. The highest BCUT2D eigenvalue weighted by Crippen LogP contribution is 2.51. The van der Waals surface area contributed by atoms with E-state index in [1.807, 2.05) is 24.3 Å². The van der Waals surface area contributed by atoms with Crippen LogP contribution in [0.25, 0.3) is 272 Å². The van der Waals surface area contributed by atoms with Crippen molar-refractivity contribution in [3.05, 3.63) is 364 Å². The molecule has 122 heavy (non-hydrogen) atoms.